The molecular weight excluding hydrogens is 1890 g/mol. The zero-order chi connectivity index (χ0) is 100. The van der Waals surface area contributed by atoms with Crippen LogP contribution in [0, 0.1) is 102 Å². The minimum absolute atomic E-state index is 0.0714. The lowest BCUT2D eigenvalue weighted by molar-refractivity contribution is 0.847. The molecule has 5 aromatic carbocycles. The summed E-state index contributed by atoms with van der Waals surface area (Å²) in [5, 5.41) is 24.1. The number of halogens is 5. The number of aromatic nitrogens is 20. The van der Waals surface area contributed by atoms with Crippen LogP contribution < -0.4 is 11.1 Å². The van der Waals surface area contributed by atoms with Gasteiger partial charge < -0.3 is 36.4 Å². The molecule has 0 aliphatic carbocycles. The molecule has 18 heterocycles. The number of aryl methyl sites for hydroxylation is 12. The van der Waals surface area contributed by atoms with Crippen LogP contribution in [-0.2, 0) is 14.1 Å². The fourth-order valence-corrected chi connectivity index (χ4v) is 18.6. The van der Waals surface area contributed by atoms with Crippen LogP contribution in [0.5, 0.6) is 0 Å². The molecule has 0 saturated heterocycles. The number of hydrogen-bond donors (Lipinski definition) is 0. The Kier molecular flexibility index (Phi) is 25.4. The smallest absolute Gasteiger partial charge is 0.252 e. The fraction of sp³-hybridized carbons (Fsp3) is 0.108. The Balaban J connectivity index is 0.000000113. The Morgan fingerprint density at radius 2 is 0.573 bits per heavy atom. The maximum Gasteiger partial charge on any atom is 0.252 e. The highest BCUT2D eigenvalue weighted by Crippen LogP contribution is 2.47. The third kappa shape index (κ3) is 17.6. The summed E-state index contributed by atoms with van der Waals surface area (Å²) in [5.74, 6) is 0. The Hall–Kier alpha value is -17.7. The molecule has 0 aliphatic rings. The molecule has 0 radical (unpaired) electrons. The second-order valence-electron chi connectivity index (χ2n) is 34.7. The minimum Gasteiger partial charge on any atom is -0.318 e. The summed E-state index contributed by atoms with van der Waals surface area (Å²) in [7, 11) is 3.44. The molecule has 0 fully saturated rings. The molecule has 23 aromatic rings. The van der Waals surface area contributed by atoms with Gasteiger partial charge in [-0.25, -0.2) is 29.2 Å². The highest BCUT2D eigenvalue weighted by Gasteiger charge is 2.26. The van der Waals surface area contributed by atoms with Crippen LogP contribution in [0.1, 0.15) is 55.6 Å². The third-order valence-electron chi connectivity index (χ3n) is 25.4. The van der Waals surface area contributed by atoms with Crippen molar-refractivity contribution < 1.29 is 0 Å². The summed E-state index contributed by atoms with van der Waals surface area (Å²) >= 11 is 33.0. The van der Waals surface area contributed by atoms with Gasteiger partial charge in [0.1, 0.15) is 12.7 Å². The van der Waals surface area contributed by atoms with Crippen molar-refractivity contribution in [1.29, 1.82) is 0 Å². The molecule has 696 valence electrons. The summed E-state index contributed by atoms with van der Waals surface area (Å²) in [4.78, 5) is 68.1. The fourth-order valence-electron chi connectivity index (χ4n) is 17.6. The van der Waals surface area contributed by atoms with E-state index in [0.29, 0.717) is 53.6 Å². The van der Waals surface area contributed by atoms with E-state index in [1.54, 1.807) is 130 Å². The van der Waals surface area contributed by atoms with Crippen molar-refractivity contribution in [2.24, 2.45) is 14.1 Å². The first-order valence-corrected chi connectivity index (χ1v) is 46.4. The van der Waals surface area contributed by atoms with Crippen LogP contribution in [0.15, 0.2) is 280 Å². The SMILES string of the molecule is [C-]#[N+]c1cc2c(-c3cncc(C)c3Cl)cn(-c3ccc(=O)n(C)c3)c2cc1C.[C-]#[N+]c1cc2c(-c3cncc(C)c3Cl)cn(-c3ccc4nncn4c3)c2cc1C.[C-]#[N+]c1cc2c(-c3cncc(C)c3Cl)cn(-c3ccn(C)c(=O)c3)c2cc1C.[C-]#[N+]c1cc2c(-c3cncc(C)c3Cl)cn(-c3ccn4cncc4c3)c2cc1C.[C-]#[N+]c1cc2c(-c3cncc(C)c3Cl)cn(-c3ccn4cnnc4c3)c2cc1C. The van der Waals surface area contributed by atoms with Crippen LogP contribution in [0.2, 0.25) is 25.1 Å². The normalized spacial score (nSPS) is 11.1. The molecule has 0 N–H and O–H groups in total. The standard InChI is InChI=1S/C23H16ClN5.2C22H15ClN6.2C22H17ClN4O/c1-14-6-22-18(8-21(14)25-3)20(19-11-26-9-15(2)23(19)24)12-29(22)16-4-5-28-13-27-10-17(28)7-16;1-13-6-20-16(8-19(13)24-3)18(17-10-25-9-14(2)22(17)23)11-29(20)15-4-5-28-12-26-27-21(28)7-15;1-13-6-20-16(7-19(13)24-3)18(17-9-25-8-14(2)22(17)23)11-29(20)15-4-5-21-27-26-12-28(21)10-15;1-13-7-20-16(9-19(13)24-3)18(17-11-25-10-14(2)22(17)23)12-27(20)15-5-6-26(4)21(28)8-15;1-13-7-20-16(8-19(13)24-3)18(17-10-25-9-14(2)22(17)23)12-27(20)15-5-6-21(28)26(4)11-15/h4-13H,1-2H3;2*4-12H,1-2H3;2*5-12H,1-2,4H3. The summed E-state index contributed by atoms with van der Waals surface area (Å²) < 4.78 is 19.1. The van der Waals surface area contributed by atoms with Crippen molar-refractivity contribution >= 4 is 158 Å². The molecule has 23 rings (SSSR count). The number of imidazole rings is 1. The van der Waals surface area contributed by atoms with E-state index in [4.69, 9.17) is 90.9 Å². The summed E-state index contributed by atoms with van der Waals surface area (Å²) in [6.45, 7) is 56.8. The van der Waals surface area contributed by atoms with Crippen LogP contribution in [0.25, 0.3) is 180 Å². The van der Waals surface area contributed by atoms with Gasteiger partial charge in [0.2, 0.25) is 5.56 Å². The molecule has 0 aliphatic heterocycles. The van der Waals surface area contributed by atoms with Gasteiger partial charge in [-0.2, -0.15) is 0 Å². The summed E-state index contributed by atoms with van der Waals surface area (Å²) in [6, 6.07) is 38.5. The number of benzene rings is 5. The Morgan fingerprint density at radius 1 is 0.259 bits per heavy atom. The number of nitrogens with zero attached hydrogens (tertiary/aromatic N) is 25. The predicted molar refractivity (Wildman–Crippen MR) is 569 cm³/mol. The van der Waals surface area contributed by atoms with Crippen LogP contribution in [0.3, 0.4) is 0 Å². The second-order valence-corrected chi connectivity index (χ2v) is 36.6. The first kappa shape index (κ1) is 94.3. The van der Waals surface area contributed by atoms with Gasteiger partial charge >= 0.3 is 0 Å². The Bertz CT molecular complexity index is 9040. The van der Waals surface area contributed by atoms with Crippen molar-refractivity contribution in [1.82, 2.24) is 95.5 Å². The van der Waals surface area contributed by atoms with E-state index in [-0.39, 0.29) is 11.1 Å². The van der Waals surface area contributed by atoms with Gasteiger partial charge in [-0.1, -0.05) is 58.0 Å². The van der Waals surface area contributed by atoms with Gasteiger partial charge in [0.25, 0.3) is 5.56 Å². The molecule has 0 atom stereocenters. The van der Waals surface area contributed by atoms with E-state index in [9.17, 15) is 9.59 Å². The zero-order valence-electron chi connectivity index (χ0n) is 78.8. The molecule has 0 bridgehead atoms. The molecule has 27 nitrogen and oxygen atoms in total. The average Bonchev–Trinajstić information content (AvgIpc) is 1.62. The highest BCUT2D eigenvalue weighted by atomic mass is 35.5. The van der Waals surface area contributed by atoms with Crippen LogP contribution in [0.4, 0.5) is 28.4 Å². The van der Waals surface area contributed by atoms with Crippen molar-refractivity contribution in [3.63, 3.8) is 0 Å². The van der Waals surface area contributed by atoms with E-state index in [2.05, 4.69) is 107 Å². The van der Waals surface area contributed by atoms with Gasteiger partial charge in [-0.3, -0.25) is 43.3 Å². The zero-order valence-corrected chi connectivity index (χ0v) is 82.6. The van der Waals surface area contributed by atoms with Crippen molar-refractivity contribution in [3.05, 3.63) is 429 Å². The lowest BCUT2D eigenvalue weighted by Gasteiger charge is -2.08. The van der Waals surface area contributed by atoms with Gasteiger partial charge in [-0.05, 0) is 255 Å². The number of pyridine rings is 10. The second kappa shape index (κ2) is 38.6. The lowest BCUT2D eigenvalue weighted by Crippen LogP contribution is -2.15. The van der Waals surface area contributed by atoms with Crippen LogP contribution >= 0.6 is 58.0 Å². The maximum absolute atomic E-state index is 12.2. The van der Waals surface area contributed by atoms with Crippen LogP contribution in [-0.4, -0.2) is 95.5 Å². The number of hydrogen-bond acceptors (Lipinski definition) is 12. The average molecular weight is 1970 g/mol. The molecule has 32 heteroatoms. The molecule has 0 amide bonds. The molecule has 0 saturated carbocycles. The molecular formula is C111H80Cl5N25O2. The predicted octanol–water partition coefficient (Wildman–Crippen LogP) is 27.7. The molecule has 143 heavy (non-hydrogen) atoms. The molecule has 0 unspecified atom stereocenters. The van der Waals surface area contributed by atoms with Crippen molar-refractivity contribution in [2.45, 2.75) is 69.2 Å². The summed E-state index contributed by atoms with van der Waals surface area (Å²) in [6.07, 6.45) is 44.0. The number of rotatable bonds is 10. The van der Waals surface area contributed by atoms with E-state index in [1.165, 1.54) is 4.57 Å². The third-order valence-corrected chi connectivity index (χ3v) is 28.0. The van der Waals surface area contributed by atoms with Gasteiger partial charge in [-0.15, -0.1) is 20.4 Å². The topological polar surface area (TPSA) is 233 Å². The quantitative estimate of drug-likeness (QED) is 0.116. The van der Waals surface area contributed by atoms with Gasteiger partial charge in [0.15, 0.2) is 39.7 Å². The van der Waals surface area contributed by atoms with Gasteiger partial charge in [0, 0.05) is 218 Å². The van der Waals surface area contributed by atoms with Crippen molar-refractivity contribution in [3.8, 4) is 84.1 Å². The van der Waals surface area contributed by atoms with Gasteiger partial charge in [0.05, 0.1) is 126 Å². The van der Waals surface area contributed by atoms with E-state index in [1.807, 2.05) is 232 Å². The highest BCUT2D eigenvalue weighted by molar-refractivity contribution is 6.36. The monoisotopic (exact) mass is 1970 g/mol. The summed E-state index contributed by atoms with van der Waals surface area (Å²) in [5.41, 5.74) is 32.7. The maximum atomic E-state index is 12.2. The molecule has 0 spiro atoms. The first-order valence-electron chi connectivity index (χ1n) is 44.5. The Morgan fingerprint density at radius 3 is 0.930 bits per heavy atom. The largest absolute Gasteiger partial charge is 0.318 e. The Labute approximate surface area is 843 Å². The van der Waals surface area contributed by atoms with Crippen molar-refractivity contribution in [2.75, 3.05) is 0 Å². The minimum atomic E-state index is -0.0920. The number of fused-ring (bicyclic) bond motifs is 8. The molecule has 18 aromatic heterocycles. The first-order chi connectivity index (χ1) is 69.0. The van der Waals surface area contributed by atoms with E-state index >= 15 is 0 Å². The lowest BCUT2D eigenvalue weighted by atomic mass is 10.0. The van der Waals surface area contributed by atoms with E-state index in [0.717, 1.165) is 211 Å². The van der Waals surface area contributed by atoms with E-state index < -0.39 is 0 Å².